The SMILES string of the molecule is COc1cc(NC(C(=O)c2c[nH]c3c(C)c(F)ccc23)c2ccc(Cl)cc2OCCO)cc(S(C)(=O)=O)c1.COc1cc(NC(C(=O)c2c[nH]c3cc(C)ccc23)c2ccc(Cl)cc2OCCO)cc(S(C)(=O)=O)c1.COc1cc(NC(C(=O)c2c[nH]c3cc(Cl)ccc23)c2ccc(Cl)cc2OCCO)cc(S(C)(=O)=O)c1.COc1cc(NC(C(=O)c2c[nH]c3cc(F)ccc23)c2ccc(Cl)cc2OCCO)cc(S(C)(=O)=O)c1. The lowest BCUT2D eigenvalue weighted by molar-refractivity contribution is 0.0961. The van der Waals surface area contributed by atoms with Gasteiger partial charge >= 0.3 is 0 Å². The summed E-state index contributed by atoms with van der Waals surface area (Å²) in [6.07, 6.45) is 10.6. The topological polar surface area (TPSA) is 471 Å². The number of Topliss-reactive ketones (excluding diaryl/α,β-unsaturated/α-hetero) is 4. The van der Waals surface area contributed by atoms with Crippen LogP contribution in [0.1, 0.15) is 99.0 Å². The molecule has 12 N–H and O–H groups in total. The molecular weight excluding hydrogens is 2110 g/mol. The first kappa shape index (κ1) is 112. The summed E-state index contributed by atoms with van der Waals surface area (Å²) in [5.74, 6) is -0.00682. The normalized spacial score (nSPS) is 12.4. The number of aromatic nitrogens is 4. The third-order valence-electron chi connectivity index (χ3n) is 23.2. The highest BCUT2D eigenvalue weighted by molar-refractivity contribution is 7.91. The average molecular weight is 2210 g/mol. The Morgan fingerprint density at radius 3 is 0.886 bits per heavy atom. The molecule has 12 aromatic carbocycles. The number of halogens is 7. The zero-order valence-corrected chi connectivity index (χ0v) is 88.3. The molecule has 0 radical (unpaired) electrons. The van der Waals surface area contributed by atoms with E-state index in [-0.39, 0.29) is 118 Å². The van der Waals surface area contributed by atoms with Gasteiger partial charge in [-0.1, -0.05) is 100 Å². The van der Waals surface area contributed by atoms with Crippen molar-refractivity contribution in [3.63, 3.8) is 0 Å². The molecule has 0 spiro atoms. The number of benzene rings is 12. The number of sulfone groups is 4. The summed E-state index contributed by atoms with van der Waals surface area (Å²) < 4.78 is 170. The van der Waals surface area contributed by atoms with E-state index in [1.54, 1.807) is 122 Å². The molecule has 0 fully saturated rings. The summed E-state index contributed by atoms with van der Waals surface area (Å²) in [5.41, 5.74) is 8.23. The number of carbonyl (C=O) groups is 4. The van der Waals surface area contributed by atoms with Crippen molar-refractivity contribution >= 4 is 187 Å². The lowest BCUT2D eigenvalue weighted by Crippen LogP contribution is -2.22. The maximum Gasteiger partial charge on any atom is 0.191 e. The average Bonchev–Trinajstić information content (AvgIpc) is 1.65. The third-order valence-corrected chi connectivity index (χ3v) is 28.8. The molecule has 4 unspecified atom stereocenters. The van der Waals surface area contributed by atoms with Gasteiger partial charge in [0.05, 0.1) is 80.0 Å². The first-order valence-electron chi connectivity index (χ1n) is 45.1. The standard InChI is InChI=1S/C27H26ClFN2O6S.C27H27ClN2O6S.C26H24Cl2N2O6S.C26H24ClFN2O6S/c1-15-23(29)7-6-20-22(14-30-25(15)20)27(33)26(21-5-4-16(28)10-24(21)37-9-8-32)31-17-11-18(36-2)13-19(12-17)38(3,34)35;1-16-4-6-21-23(15-29-24(21)10-16)27(32)26(22-7-5-17(28)11-25(22)36-9-8-31)30-18-12-19(35-2)14-20(13-18)37(3,33)34;1-35-18-11-17(12-19(13-18)37(2,33)34)30-25(21-6-4-16(28)10-24(21)36-8-7-31)26(32)22-14-29-23-9-15(27)3-5-20(22)23;1-35-18-11-17(12-19(13-18)37(2,33)34)30-25(21-5-3-15(27)9-24(21)36-8-7-31)26(32)22-14-29-23-10-16(28)4-6-20(22)23/h4-7,10-14,26,30-32H,8-9H2,1-3H3;4-7,10-15,26,29-31H,8-9H2,1-3H3;2*3-6,9-14,25,29-31H,7-8H2,1-2H3. The molecule has 43 heteroatoms. The molecule has 0 aliphatic heterocycles. The van der Waals surface area contributed by atoms with Gasteiger partial charge in [0.2, 0.25) is 0 Å². The Bertz CT molecular complexity index is 7660. The monoisotopic (exact) mass is 2210 g/mol. The second kappa shape index (κ2) is 49.0. The predicted molar refractivity (Wildman–Crippen MR) is 571 cm³/mol. The fraction of sp³-hybridized carbons (Fsp3) is 0.208. The number of carbonyl (C=O) groups excluding carboxylic acids is 4. The molecule has 0 bridgehead atoms. The number of methoxy groups -OCH3 is 4. The fourth-order valence-electron chi connectivity index (χ4n) is 16.1. The van der Waals surface area contributed by atoms with Crippen LogP contribution in [0.25, 0.3) is 43.6 Å². The number of hydrogen-bond donors (Lipinski definition) is 12. The van der Waals surface area contributed by atoms with Crippen molar-refractivity contribution in [2.24, 2.45) is 0 Å². The van der Waals surface area contributed by atoms with Gasteiger partial charge in [-0.05, 0) is 165 Å². The molecular formula is C106H101Cl5F2N8O24S4. The summed E-state index contributed by atoms with van der Waals surface area (Å²) in [5, 5.41) is 54.2. The lowest BCUT2D eigenvalue weighted by atomic mass is 9.95. The van der Waals surface area contributed by atoms with E-state index in [0.29, 0.717) is 143 Å². The number of hydrogen-bond acceptors (Lipinski definition) is 28. The van der Waals surface area contributed by atoms with Crippen LogP contribution in [-0.4, -0.2) is 203 Å². The van der Waals surface area contributed by atoms with E-state index < -0.39 is 86.7 Å². The van der Waals surface area contributed by atoms with Crippen molar-refractivity contribution in [2.75, 3.05) is 128 Å². The molecule has 0 saturated carbocycles. The Kier molecular flexibility index (Phi) is 36.9. The molecule has 782 valence electrons. The van der Waals surface area contributed by atoms with E-state index in [1.165, 1.54) is 132 Å². The highest BCUT2D eigenvalue weighted by Crippen LogP contribution is 2.44. The molecule has 0 amide bonds. The van der Waals surface area contributed by atoms with Gasteiger partial charge in [0.15, 0.2) is 62.5 Å². The number of rotatable bonds is 40. The summed E-state index contributed by atoms with van der Waals surface area (Å²) in [7, 11) is -8.67. The van der Waals surface area contributed by atoms with Crippen molar-refractivity contribution < 1.29 is 120 Å². The van der Waals surface area contributed by atoms with Crippen LogP contribution in [0.2, 0.25) is 25.1 Å². The van der Waals surface area contributed by atoms with Gasteiger partial charge in [-0.25, -0.2) is 42.5 Å². The minimum atomic E-state index is -3.60. The van der Waals surface area contributed by atoms with Gasteiger partial charge in [0, 0.05) is 210 Å². The van der Waals surface area contributed by atoms with Crippen molar-refractivity contribution in [2.45, 2.75) is 57.6 Å². The van der Waals surface area contributed by atoms with Crippen molar-refractivity contribution in [1.82, 2.24) is 19.9 Å². The molecule has 0 saturated heterocycles. The Morgan fingerprint density at radius 1 is 0.322 bits per heavy atom. The van der Waals surface area contributed by atoms with Crippen molar-refractivity contribution in [1.29, 1.82) is 0 Å². The van der Waals surface area contributed by atoms with Gasteiger partial charge < -0.3 is 99.5 Å². The number of ether oxygens (including phenoxy) is 8. The van der Waals surface area contributed by atoms with Crippen LogP contribution in [0.15, 0.2) is 257 Å². The highest BCUT2D eigenvalue weighted by atomic mass is 35.5. The fourth-order valence-corrected chi connectivity index (χ4v) is 19.6. The predicted octanol–water partition coefficient (Wildman–Crippen LogP) is 20.1. The first-order valence-corrected chi connectivity index (χ1v) is 54.6. The summed E-state index contributed by atoms with van der Waals surface area (Å²) in [4.78, 5) is 68.4. The molecule has 4 atom stereocenters. The Labute approximate surface area is 880 Å². The maximum atomic E-state index is 14.2. The van der Waals surface area contributed by atoms with Crippen LogP contribution in [-0.2, 0) is 39.3 Å². The van der Waals surface area contributed by atoms with E-state index in [2.05, 4.69) is 41.2 Å². The van der Waals surface area contributed by atoms with Crippen LogP contribution < -0.4 is 59.2 Å². The van der Waals surface area contributed by atoms with Crippen molar-refractivity contribution in [3.8, 4) is 46.0 Å². The van der Waals surface area contributed by atoms with E-state index in [4.69, 9.17) is 95.9 Å². The maximum absolute atomic E-state index is 14.2. The van der Waals surface area contributed by atoms with Crippen LogP contribution >= 0.6 is 58.0 Å². The summed E-state index contributed by atoms with van der Waals surface area (Å²) in [6, 6.07) is 50.3. The zero-order chi connectivity index (χ0) is 108. The smallest absolute Gasteiger partial charge is 0.191 e. The summed E-state index contributed by atoms with van der Waals surface area (Å²) in [6.45, 7) is 2.47. The Balaban J connectivity index is 0.000000166. The van der Waals surface area contributed by atoms with E-state index >= 15 is 0 Å². The van der Waals surface area contributed by atoms with E-state index in [9.17, 15) is 82.1 Å². The second-order valence-electron chi connectivity index (χ2n) is 33.8. The van der Waals surface area contributed by atoms with E-state index in [1.807, 2.05) is 25.1 Å². The molecule has 4 heterocycles. The number of aliphatic hydroxyl groups is 4. The molecule has 0 aliphatic carbocycles. The van der Waals surface area contributed by atoms with Gasteiger partial charge in [-0.15, -0.1) is 0 Å². The summed E-state index contributed by atoms with van der Waals surface area (Å²) >= 11 is 30.9. The molecule has 4 aromatic heterocycles. The Morgan fingerprint density at radius 2 is 0.584 bits per heavy atom. The van der Waals surface area contributed by atoms with Gasteiger partial charge in [-0.3, -0.25) is 19.2 Å². The van der Waals surface area contributed by atoms with Crippen LogP contribution in [0.4, 0.5) is 31.5 Å². The molecule has 32 nitrogen and oxygen atoms in total. The van der Waals surface area contributed by atoms with Crippen molar-refractivity contribution in [3.05, 3.63) is 329 Å². The molecule has 16 rings (SSSR count). The highest BCUT2D eigenvalue weighted by Gasteiger charge is 2.35. The Hall–Kier alpha value is -14.0. The van der Waals surface area contributed by atoms with Crippen LogP contribution in [0.5, 0.6) is 46.0 Å². The van der Waals surface area contributed by atoms with Gasteiger partial charge in [-0.2, -0.15) is 0 Å². The number of aryl methyl sites for hydroxylation is 2. The third kappa shape index (κ3) is 27.8. The van der Waals surface area contributed by atoms with E-state index in [0.717, 1.165) is 41.5 Å². The minimum absolute atomic E-state index is 0.00198. The van der Waals surface area contributed by atoms with Crippen LogP contribution in [0, 0.1) is 25.5 Å². The largest absolute Gasteiger partial charge is 0.497 e. The molecule has 149 heavy (non-hydrogen) atoms. The van der Waals surface area contributed by atoms with Crippen LogP contribution in [0.3, 0.4) is 0 Å². The number of aromatic amines is 4. The quantitative estimate of drug-likeness (QED) is 0.0159. The number of anilines is 4. The van der Waals surface area contributed by atoms with Gasteiger partial charge in [0.25, 0.3) is 0 Å². The number of fused-ring (bicyclic) bond motifs is 4. The van der Waals surface area contributed by atoms with Gasteiger partial charge in [0.1, 0.15) is 108 Å². The minimum Gasteiger partial charge on any atom is -0.497 e. The number of H-pyrrole nitrogens is 4. The first-order chi connectivity index (χ1) is 70.8. The number of nitrogens with one attached hydrogen (secondary N) is 8. The lowest BCUT2D eigenvalue weighted by Gasteiger charge is -2.23. The second-order valence-corrected chi connectivity index (χ2v) is 44.0. The number of ketones is 4. The number of aliphatic hydroxyl groups excluding tert-OH is 4. The molecule has 16 aromatic rings. The zero-order valence-electron chi connectivity index (χ0n) is 81.2. The molecule has 0 aliphatic rings.